The summed E-state index contributed by atoms with van der Waals surface area (Å²) in [5.74, 6) is -0.0423. The minimum atomic E-state index is -0.333. The van der Waals surface area contributed by atoms with Gasteiger partial charge in [-0.2, -0.15) is 5.10 Å². The Bertz CT molecular complexity index is 895. The first-order valence-corrected chi connectivity index (χ1v) is 9.15. The SMILES string of the molecule is COc1cc(/C=N/NC(=O)CCC(=O)N2CCCc3ccccc32)ccc1O. The fraction of sp³-hybridized carbons (Fsp3) is 0.286. The Morgan fingerprint density at radius 2 is 2.07 bits per heavy atom. The lowest BCUT2D eigenvalue weighted by atomic mass is 10.0. The van der Waals surface area contributed by atoms with Crippen molar-refractivity contribution in [3.63, 3.8) is 0 Å². The normalized spacial score (nSPS) is 13.2. The number of methoxy groups -OCH3 is 1. The molecule has 2 aromatic rings. The molecule has 0 unspecified atom stereocenters. The van der Waals surface area contributed by atoms with Gasteiger partial charge in [0, 0.05) is 25.1 Å². The molecule has 146 valence electrons. The number of amides is 2. The molecule has 0 aliphatic carbocycles. The molecule has 7 nitrogen and oxygen atoms in total. The van der Waals surface area contributed by atoms with Crippen molar-refractivity contribution in [3.05, 3.63) is 53.6 Å². The Kier molecular flexibility index (Phi) is 6.26. The summed E-state index contributed by atoms with van der Waals surface area (Å²) in [6.07, 6.45) is 3.53. The highest BCUT2D eigenvalue weighted by molar-refractivity contribution is 5.96. The maximum atomic E-state index is 12.5. The summed E-state index contributed by atoms with van der Waals surface area (Å²) >= 11 is 0. The second-order valence-electron chi connectivity index (χ2n) is 6.50. The number of phenolic OH excluding ortho intramolecular Hbond substituents is 1. The van der Waals surface area contributed by atoms with Crippen LogP contribution in [0.2, 0.25) is 0 Å². The molecule has 2 N–H and O–H groups in total. The Labute approximate surface area is 163 Å². The molecule has 1 heterocycles. The van der Waals surface area contributed by atoms with Gasteiger partial charge < -0.3 is 14.7 Å². The summed E-state index contributed by atoms with van der Waals surface area (Å²) < 4.78 is 5.02. The van der Waals surface area contributed by atoms with E-state index in [4.69, 9.17) is 4.74 Å². The van der Waals surface area contributed by atoms with Crippen LogP contribution in [-0.2, 0) is 16.0 Å². The van der Waals surface area contributed by atoms with Gasteiger partial charge in [-0.05, 0) is 48.2 Å². The van der Waals surface area contributed by atoms with Gasteiger partial charge in [-0.1, -0.05) is 18.2 Å². The molecule has 0 saturated carbocycles. The van der Waals surface area contributed by atoms with Crippen LogP contribution in [0.4, 0.5) is 5.69 Å². The number of anilines is 1. The highest BCUT2D eigenvalue weighted by Crippen LogP contribution is 2.27. The molecule has 1 aliphatic rings. The molecule has 7 heteroatoms. The smallest absolute Gasteiger partial charge is 0.240 e. The number of nitrogens with zero attached hydrogens (tertiary/aromatic N) is 2. The van der Waals surface area contributed by atoms with Crippen LogP contribution in [0.5, 0.6) is 11.5 Å². The van der Waals surface area contributed by atoms with Gasteiger partial charge in [0.1, 0.15) is 0 Å². The predicted molar refractivity (Wildman–Crippen MR) is 107 cm³/mol. The van der Waals surface area contributed by atoms with E-state index in [1.165, 1.54) is 25.0 Å². The summed E-state index contributed by atoms with van der Waals surface area (Å²) in [6, 6.07) is 12.6. The fourth-order valence-corrected chi connectivity index (χ4v) is 3.16. The zero-order valence-corrected chi connectivity index (χ0v) is 15.7. The van der Waals surface area contributed by atoms with E-state index < -0.39 is 0 Å². The molecule has 0 bridgehead atoms. The van der Waals surface area contributed by atoms with Crippen LogP contribution in [0, 0.1) is 0 Å². The second-order valence-corrected chi connectivity index (χ2v) is 6.50. The van der Waals surface area contributed by atoms with E-state index >= 15 is 0 Å². The molecular weight excluding hydrogens is 358 g/mol. The number of hydrogen-bond donors (Lipinski definition) is 2. The van der Waals surface area contributed by atoms with Crippen molar-refractivity contribution in [3.8, 4) is 11.5 Å². The Balaban J connectivity index is 1.50. The van der Waals surface area contributed by atoms with Crippen molar-refractivity contribution in [2.75, 3.05) is 18.6 Å². The van der Waals surface area contributed by atoms with Gasteiger partial charge in [0.25, 0.3) is 0 Å². The minimum absolute atomic E-state index is 0.0292. The third-order valence-corrected chi connectivity index (χ3v) is 4.58. The lowest BCUT2D eigenvalue weighted by Crippen LogP contribution is -2.36. The van der Waals surface area contributed by atoms with Crippen molar-refractivity contribution in [2.45, 2.75) is 25.7 Å². The number of phenols is 1. The van der Waals surface area contributed by atoms with Gasteiger partial charge in [0.15, 0.2) is 11.5 Å². The third kappa shape index (κ3) is 4.68. The van der Waals surface area contributed by atoms with E-state index in [0.29, 0.717) is 17.9 Å². The number of hydrazone groups is 1. The molecular formula is C21H23N3O4. The van der Waals surface area contributed by atoms with Crippen LogP contribution in [0.1, 0.15) is 30.4 Å². The van der Waals surface area contributed by atoms with Crippen molar-refractivity contribution in [1.82, 2.24) is 5.43 Å². The maximum Gasteiger partial charge on any atom is 0.240 e. The van der Waals surface area contributed by atoms with Crippen LogP contribution in [0.25, 0.3) is 0 Å². The number of ether oxygens (including phenoxy) is 1. The molecule has 1 aliphatic heterocycles. The van der Waals surface area contributed by atoms with E-state index in [9.17, 15) is 14.7 Å². The van der Waals surface area contributed by atoms with E-state index in [1.807, 2.05) is 24.3 Å². The highest BCUT2D eigenvalue weighted by atomic mass is 16.5. The summed E-state index contributed by atoms with van der Waals surface area (Å²) in [4.78, 5) is 26.3. The molecule has 3 rings (SSSR count). The zero-order chi connectivity index (χ0) is 19.9. The van der Waals surface area contributed by atoms with E-state index in [2.05, 4.69) is 10.5 Å². The first-order valence-electron chi connectivity index (χ1n) is 9.15. The molecule has 0 atom stereocenters. The van der Waals surface area contributed by atoms with Crippen LogP contribution in [0.3, 0.4) is 0 Å². The molecule has 0 spiro atoms. The highest BCUT2D eigenvalue weighted by Gasteiger charge is 2.22. The van der Waals surface area contributed by atoms with E-state index in [0.717, 1.165) is 18.5 Å². The predicted octanol–water partition coefficient (Wildman–Crippen LogP) is 2.61. The Hall–Kier alpha value is -3.35. The van der Waals surface area contributed by atoms with Crippen LogP contribution < -0.4 is 15.1 Å². The minimum Gasteiger partial charge on any atom is -0.504 e. The summed E-state index contributed by atoms with van der Waals surface area (Å²) in [5, 5.41) is 13.5. The topological polar surface area (TPSA) is 91.2 Å². The molecule has 0 saturated heterocycles. The number of fused-ring (bicyclic) bond motifs is 1. The third-order valence-electron chi connectivity index (χ3n) is 4.58. The quantitative estimate of drug-likeness (QED) is 0.594. The van der Waals surface area contributed by atoms with Gasteiger partial charge in [-0.25, -0.2) is 5.43 Å². The fourth-order valence-electron chi connectivity index (χ4n) is 3.16. The summed E-state index contributed by atoms with van der Waals surface area (Å²) in [5.41, 5.74) is 5.19. The van der Waals surface area contributed by atoms with E-state index in [1.54, 1.807) is 17.0 Å². The number of aryl methyl sites for hydroxylation is 1. The molecule has 2 amide bonds. The number of nitrogens with one attached hydrogen (secondary N) is 1. The monoisotopic (exact) mass is 381 g/mol. The number of benzene rings is 2. The van der Waals surface area contributed by atoms with Crippen molar-refractivity contribution < 1.29 is 19.4 Å². The number of para-hydroxylation sites is 1. The molecule has 2 aromatic carbocycles. The van der Waals surface area contributed by atoms with Crippen molar-refractivity contribution >= 4 is 23.7 Å². The van der Waals surface area contributed by atoms with Crippen LogP contribution >= 0.6 is 0 Å². The molecule has 0 aromatic heterocycles. The maximum absolute atomic E-state index is 12.5. The number of rotatable bonds is 6. The Morgan fingerprint density at radius 3 is 2.89 bits per heavy atom. The van der Waals surface area contributed by atoms with Gasteiger partial charge in [0.05, 0.1) is 13.3 Å². The second kappa shape index (κ2) is 9.03. The van der Waals surface area contributed by atoms with Crippen molar-refractivity contribution in [1.29, 1.82) is 0 Å². The van der Waals surface area contributed by atoms with Crippen LogP contribution in [0.15, 0.2) is 47.6 Å². The lowest BCUT2D eigenvalue weighted by molar-refractivity contribution is -0.125. The summed E-state index contributed by atoms with van der Waals surface area (Å²) in [6.45, 7) is 0.679. The zero-order valence-electron chi connectivity index (χ0n) is 15.7. The number of carbonyl (C=O) groups is 2. The molecule has 0 fully saturated rings. The first kappa shape index (κ1) is 19.4. The summed E-state index contributed by atoms with van der Waals surface area (Å²) in [7, 11) is 1.45. The van der Waals surface area contributed by atoms with Gasteiger partial charge >= 0.3 is 0 Å². The standard InChI is InChI=1S/C21H23N3O4/c1-28-19-13-15(8-9-18(19)25)14-22-23-20(26)10-11-21(27)24-12-4-6-16-5-2-3-7-17(16)24/h2-3,5,7-9,13-14,25H,4,6,10-12H2,1H3,(H,23,26)/b22-14+. The molecule has 0 radical (unpaired) electrons. The van der Waals surface area contributed by atoms with Gasteiger partial charge in [-0.15, -0.1) is 0 Å². The largest absolute Gasteiger partial charge is 0.504 e. The van der Waals surface area contributed by atoms with Gasteiger partial charge in [0.2, 0.25) is 11.8 Å². The number of carbonyl (C=O) groups excluding carboxylic acids is 2. The van der Waals surface area contributed by atoms with Crippen LogP contribution in [-0.4, -0.2) is 36.8 Å². The van der Waals surface area contributed by atoms with Crippen molar-refractivity contribution in [2.24, 2.45) is 5.10 Å². The molecule has 28 heavy (non-hydrogen) atoms. The van der Waals surface area contributed by atoms with Gasteiger partial charge in [-0.3, -0.25) is 9.59 Å². The number of aromatic hydroxyl groups is 1. The number of hydrogen-bond acceptors (Lipinski definition) is 5. The average molecular weight is 381 g/mol. The Morgan fingerprint density at radius 1 is 1.25 bits per heavy atom. The average Bonchev–Trinajstić information content (AvgIpc) is 2.72. The van der Waals surface area contributed by atoms with E-state index in [-0.39, 0.29) is 30.4 Å². The first-order chi connectivity index (χ1) is 13.6. The lowest BCUT2D eigenvalue weighted by Gasteiger charge is -2.29.